The van der Waals surface area contributed by atoms with Gasteiger partial charge in [-0.3, -0.25) is 0 Å². The average Bonchev–Trinajstić information content (AvgIpc) is 2.32. The summed E-state index contributed by atoms with van der Waals surface area (Å²) >= 11 is 6.11. The molecule has 2 N–H and O–H groups in total. The predicted molar refractivity (Wildman–Crippen MR) is 82.4 cm³/mol. The molecule has 0 atom stereocenters. The molecular formula is C14H21ClN2O2S. The van der Waals surface area contributed by atoms with Crippen molar-refractivity contribution in [2.45, 2.75) is 38.5 Å². The number of nitrogens with two attached hydrogens (primary N) is 1. The fourth-order valence-electron chi connectivity index (χ4n) is 2.58. The van der Waals surface area contributed by atoms with Gasteiger partial charge >= 0.3 is 0 Å². The van der Waals surface area contributed by atoms with Crippen LogP contribution in [0.4, 0.5) is 5.69 Å². The van der Waals surface area contributed by atoms with Crippen molar-refractivity contribution >= 4 is 27.3 Å². The van der Waals surface area contributed by atoms with Gasteiger partial charge in [0.05, 0.1) is 5.02 Å². The molecule has 0 saturated carbocycles. The highest BCUT2D eigenvalue weighted by Gasteiger charge is 2.35. The number of hydrogen-bond donors (Lipinski definition) is 1. The van der Waals surface area contributed by atoms with Gasteiger partial charge in [0.2, 0.25) is 10.0 Å². The SMILES string of the molecule is Cc1cc(Cl)c(S(=O)(=O)N2CCCC(C)(C)C2)cc1N. The average molecular weight is 317 g/mol. The van der Waals surface area contributed by atoms with Gasteiger partial charge in [0.15, 0.2) is 0 Å². The van der Waals surface area contributed by atoms with Crippen molar-refractivity contribution in [1.82, 2.24) is 4.31 Å². The molecule has 4 nitrogen and oxygen atoms in total. The lowest BCUT2D eigenvalue weighted by molar-refractivity contribution is 0.187. The Labute approximate surface area is 126 Å². The van der Waals surface area contributed by atoms with E-state index in [4.69, 9.17) is 17.3 Å². The number of nitrogen functional groups attached to an aromatic ring is 1. The Morgan fingerprint density at radius 1 is 1.35 bits per heavy atom. The van der Waals surface area contributed by atoms with Gasteiger partial charge in [-0.25, -0.2) is 8.42 Å². The number of nitrogens with zero attached hydrogens (tertiary/aromatic N) is 1. The third-order valence-corrected chi connectivity index (χ3v) is 6.11. The second-order valence-electron chi connectivity index (χ2n) is 6.25. The molecule has 0 aromatic heterocycles. The van der Waals surface area contributed by atoms with Gasteiger partial charge in [-0.1, -0.05) is 25.4 Å². The summed E-state index contributed by atoms with van der Waals surface area (Å²) in [5.74, 6) is 0. The highest BCUT2D eigenvalue weighted by molar-refractivity contribution is 7.89. The van der Waals surface area contributed by atoms with Gasteiger partial charge < -0.3 is 5.73 Å². The first-order chi connectivity index (χ1) is 9.13. The minimum absolute atomic E-state index is 0.00591. The van der Waals surface area contributed by atoms with Crippen LogP contribution < -0.4 is 5.73 Å². The summed E-state index contributed by atoms with van der Waals surface area (Å²) in [5.41, 5.74) is 7.06. The van der Waals surface area contributed by atoms with Gasteiger partial charge in [-0.05, 0) is 42.9 Å². The van der Waals surface area contributed by atoms with Crippen molar-refractivity contribution < 1.29 is 8.42 Å². The van der Waals surface area contributed by atoms with Crippen molar-refractivity contribution in [3.05, 3.63) is 22.7 Å². The van der Waals surface area contributed by atoms with Crippen LogP contribution in [-0.4, -0.2) is 25.8 Å². The van der Waals surface area contributed by atoms with E-state index in [2.05, 4.69) is 13.8 Å². The van der Waals surface area contributed by atoms with E-state index in [1.807, 2.05) is 6.92 Å². The molecule has 0 unspecified atom stereocenters. The number of hydrogen-bond acceptors (Lipinski definition) is 3. The summed E-state index contributed by atoms with van der Waals surface area (Å²) in [4.78, 5) is 0.111. The Balaban J connectivity index is 2.43. The monoisotopic (exact) mass is 316 g/mol. The van der Waals surface area contributed by atoms with Gasteiger partial charge in [-0.15, -0.1) is 0 Å². The lowest BCUT2D eigenvalue weighted by Crippen LogP contribution is -2.43. The van der Waals surface area contributed by atoms with Crippen LogP contribution >= 0.6 is 11.6 Å². The summed E-state index contributed by atoms with van der Waals surface area (Å²) in [7, 11) is -3.58. The Bertz CT molecular complexity index is 626. The molecule has 1 fully saturated rings. The molecule has 0 amide bonds. The zero-order valence-corrected chi connectivity index (χ0v) is 13.7. The maximum Gasteiger partial charge on any atom is 0.244 e. The van der Waals surface area contributed by atoms with Crippen molar-refractivity contribution in [2.24, 2.45) is 5.41 Å². The number of sulfonamides is 1. The van der Waals surface area contributed by atoms with Crippen LogP contribution in [0.5, 0.6) is 0 Å². The molecule has 112 valence electrons. The van der Waals surface area contributed by atoms with E-state index in [1.165, 1.54) is 10.4 Å². The standard InChI is InChI=1S/C14H21ClN2O2S/c1-10-7-11(15)13(8-12(10)16)20(18,19)17-6-4-5-14(2,3)9-17/h7-8H,4-6,9,16H2,1-3H3. The summed E-state index contributed by atoms with van der Waals surface area (Å²) in [5, 5.41) is 0.236. The van der Waals surface area contributed by atoms with Gasteiger partial charge in [0.25, 0.3) is 0 Å². The molecule has 20 heavy (non-hydrogen) atoms. The van der Waals surface area contributed by atoms with Crippen molar-refractivity contribution in [1.29, 1.82) is 0 Å². The Morgan fingerprint density at radius 2 is 2.00 bits per heavy atom. The van der Waals surface area contributed by atoms with Crippen molar-refractivity contribution in [2.75, 3.05) is 18.8 Å². The van der Waals surface area contributed by atoms with Gasteiger partial charge in [0, 0.05) is 18.8 Å². The normalized spacial score (nSPS) is 20.0. The van der Waals surface area contributed by atoms with E-state index < -0.39 is 10.0 Å². The summed E-state index contributed by atoms with van der Waals surface area (Å²) in [6.45, 7) is 7.02. The molecule has 1 aromatic rings. The molecule has 6 heteroatoms. The Kier molecular flexibility index (Phi) is 4.06. The molecule has 0 spiro atoms. The first-order valence-electron chi connectivity index (χ1n) is 6.69. The second-order valence-corrected chi connectivity index (χ2v) is 8.56. The molecule has 1 aliphatic rings. The van der Waals surface area contributed by atoms with E-state index in [0.717, 1.165) is 18.4 Å². The lowest BCUT2D eigenvalue weighted by Gasteiger charge is -2.37. The first kappa shape index (κ1) is 15.6. The number of anilines is 1. The summed E-state index contributed by atoms with van der Waals surface area (Å²) < 4.78 is 27.0. The number of halogens is 1. The smallest absolute Gasteiger partial charge is 0.244 e. The zero-order valence-electron chi connectivity index (χ0n) is 12.1. The minimum Gasteiger partial charge on any atom is -0.398 e. The van der Waals surface area contributed by atoms with Crippen LogP contribution in [0.15, 0.2) is 17.0 Å². The maximum absolute atomic E-state index is 12.7. The summed E-state index contributed by atoms with van der Waals surface area (Å²) in [6.07, 6.45) is 1.90. The molecule has 1 aromatic carbocycles. The van der Waals surface area contributed by atoms with Gasteiger partial charge in [-0.2, -0.15) is 4.31 Å². The van der Waals surface area contributed by atoms with Gasteiger partial charge in [0.1, 0.15) is 4.90 Å². The first-order valence-corrected chi connectivity index (χ1v) is 8.51. The summed E-state index contributed by atoms with van der Waals surface area (Å²) in [6, 6.07) is 3.08. The van der Waals surface area contributed by atoms with Crippen molar-refractivity contribution in [3.63, 3.8) is 0 Å². The van der Waals surface area contributed by atoms with Crippen LogP contribution in [0.2, 0.25) is 5.02 Å². The van der Waals surface area contributed by atoms with E-state index in [0.29, 0.717) is 18.8 Å². The number of piperidine rings is 1. The molecule has 1 saturated heterocycles. The highest BCUT2D eigenvalue weighted by Crippen LogP contribution is 2.34. The maximum atomic E-state index is 12.7. The molecule has 2 rings (SSSR count). The lowest BCUT2D eigenvalue weighted by atomic mass is 9.85. The largest absolute Gasteiger partial charge is 0.398 e. The Morgan fingerprint density at radius 3 is 2.60 bits per heavy atom. The third kappa shape index (κ3) is 2.95. The fraction of sp³-hybridized carbons (Fsp3) is 0.571. The van der Waals surface area contributed by atoms with Crippen LogP contribution in [0, 0.1) is 12.3 Å². The van der Waals surface area contributed by atoms with Crippen LogP contribution in [-0.2, 0) is 10.0 Å². The zero-order chi connectivity index (χ0) is 15.1. The van der Waals surface area contributed by atoms with E-state index in [-0.39, 0.29) is 15.3 Å². The fourth-order valence-corrected chi connectivity index (χ4v) is 4.84. The predicted octanol–water partition coefficient (Wildman–Crippen LogP) is 3.04. The molecule has 1 aliphatic heterocycles. The Hall–Kier alpha value is -0.780. The van der Waals surface area contributed by atoms with Crippen LogP contribution in [0.1, 0.15) is 32.3 Å². The molecule has 0 bridgehead atoms. The van der Waals surface area contributed by atoms with E-state index >= 15 is 0 Å². The topological polar surface area (TPSA) is 63.4 Å². The second kappa shape index (κ2) is 5.20. The third-order valence-electron chi connectivity index (χ3n) is 3.80. The number of benzene rings is 1. The van der Waals surface area contributed by atoms with E-state index in [9.17, 15) is 8.42 Å². The minimum atomic E-state index is -3.58. The van der Waals surface area contributed by atoms with E-state index in [1.54, 1.807) is 6.07 Å². The molecule has 1 heterocycles. The molecule has 0 radical (unpaired) electrons. The number of aryl methyl sites for hydroxylation is 1. The molecular weight excluding hydrogens is 296 g/mol. The highest BCUT2D eigenvalue weighted by atomic mass is 35.5. The van der Waals surface area contributed by atoms with Crippen LogP contribution in [0.3, 0.4) is 0 Å². The van der Waals surface area contributed by atoms with Crippen molar-refractivity contribution in [3.8, 4) is 0 Å². The molecule has 0 aliphatic carbocycles. The number of rotatable bonds is 2. The quantitative estimate of drug-likeness (QED) is 0.853. The van der Waals surface area contributed by atoms with Crippen LogP contribution in [0.25, 0.3) is 0 Å².